The minimum Gasteiger partial charge on any atom is -0.486 e. The molecule has 0 saturated heterocycles. The smallest absolute Gasteiger partial charge is 0.168 e. The summed E-state index contributed by atoms with van der Waals surface area (Å²) < 4.78 is 7.48. The number of aromatic nitrogens is 4. The second kappa shape index (κ2) is 6.93. The van der Waals surface area contributed by atoms with Crippen LogP contribution < -0.4 is 15.8 Å². The Bertz CT molecular complexity index is 938. The van der Waals surface area contributed by atoms with Crippen molar-refractivity contribution >= 4 is 17.4 Å². The van der Waals surface area contributed by atoms with Gasteiger partial charge in [-0.1, -0.05) is 11.6 Å². The van der Waals surface area contributed by atoms with Crippen LogP contribution >= 0.6 is 11.6 Å². The highest BCUT2D eigenvalue weighted by atomic mass is 35.5. The van der Waals surface area contributed by atoms with E-state index < -0.39 is 0 Å². The van der Waals surface area contributed by atoms with E-state index in [1.807, 2.05) is 25.1 Å². The van der Waals surface area contributed by atoms with E-state index in [4.69, 9.17) is 22.1 Å². The summed E-state index contributed by atoms with van der Waals surface area (Å²) in [7, 11) is 0. The Balaban J connectivity index is 1.68. The van der Waals surface area contributed by atoms with Crippen LogP contribution in [0.5, 0.6) is 5.75 Å². The van der Waals surface area contributed by atoms with E-state index in [1.54, 1.807) is 16.8 Å². The lowest BCUT2D eigenvalue weighted by molar-refractivity contribution is 0.294. The van der Waals surface area contributed by atoms with Crippen molar-refractivity contribution < 1.29 is 4.74 Å². The topological polar surface area (TPSA) is 90.9 Å². The summed E-state index contributed by atoms with van der Waals surface area (Å²) in [5.41, 5.74) is 9.00. The number of nitrogen functional groups attached to an aromatic ring is 1. The highest BCUT2D eigenvalue weighted by Crippen LogP contribution is 2.23. The van der Waals surface area contributed by atoms with Crippen molar-refractivity contribution in [3.05, 3.63) is 58.1 Å². The Kier molecular flexibility index (Phi) is 4.48. The van der Waals surface area contributed by atoms with Gasteiger partial charge < -0.3 is 15.8 Å². The molecule has 8 heteroatoms. The quantitative estimate of drug-likeness (QED) is 0.733. The molecule has 26 heavy (non-hydrogen) atoms. The zero-order valence-electron chi connectivity index (χ0n) is 14.4. The van der Waals surface area contributed by atoms with Crippen molar-refractivity contribution in [2.75, 3.05) is 12.3 Å². The number of nitrogens with zero attached hydrogens (tertiary/aromatic N) is 4. The molecule has 1 aromatic carbocycles. The molecule has 134 valence electrons. The van der Waals surface area contributed by atoms with E-state index in [1.165, 1.54) is 0 Å². The average molecular weight is 371 g/mol. The molecule has 0 spiro atoms. The van der Waals surface area contributed by atoms with Crippen LogP contribution in [0.2, 0.25) is 5.02 Å². The molecule has 0 radical (unpaired) electrons. The maximum atomic E-state index is 6.11. The first kappa shape index (κ1) is 16.8. The van der Waals surface area contributed by atoms with Gasteiger partial charge in [0.2, 0.25) is 0 Å². The number of rotatable bonds is 4. The Morgan fingerprint density at radius 1 is 1.27 bits per heavy atom. The fourth-order valence-electron chi connectivity index (χ4n) is 2.98. The van der Waals surface area contributed by atoms with Crippen LogP contribution in [0.3, 0.4) is 0 Å². The van der Waals surface area contributed by atoms with E-state index in [0.29, 0.717) is 34.8 Å². The van der Waals surface area contributed by atoms with Crippen LogP contribution in [0, 0.1) is 6.92 Å². The summed E-state index contributed by atoms with van der Waals surface area (Å²) in [5, 5.41) is 8.50. The lowest BCUT2D eigenvalue weighted by atomic mass is 10.1. The number of hydrogen-bond donors (Lipinski definition) is 2. The minimum absolute atomic E-state index is 0.259. The molecule has 4 rings (SSSR count). The van der Waals surface area contributed by atoms with Gasteiger partial charge in [-0.15, -0.1) is 0 Å². The van der Waals surface area contributed by atoms with E-state index in [9.17, 15) is 0 Å². The van der Waals surface area contributed by atoms with Gasteiger partial charge in [0.15, 0.2) is 11.6 Å². The Hall–Kier alpha value is -2.64. The highest BCUT2D eigenvalue weighted by molar-refractivity contribution is 6.30. The molecule has 0 saturated carbocycles. The third-order valence-electron chi connectivity index (χ3n) is 4.20. The van der Waals surface area contributed by atoms with E-state index in [-0.39, 0.29) is 6.61 Å². The predicted molar refractivity (Wildman–Crippen MR) is 99.5 cm³/mol. The summed E-state index contributed by atoms with van der Waals surface area (Å²) >= 11 is 5.91. The summed E-state index contributed by atoms with van der Waals surface area (Å²) in [5.74, 6) is 2.58. The molecule has 3 aromatic rings. The Labute approximate surface area is 156 Å². The average Bonchev–Trinajstić information content (AvgIpc) is 2.98. The molecule has 0 aliphatic carbocycles. The molecular formula is C18H19ClN6O. The van der Waals surface area contributed by atoms with E-state index >= 15 is 0 Å². The minimum atomic E-state index is 0.259. The van der Waals surface area contributed by atoms with Crippen LogP contribution in [0.4, 0.5) is 5.82 Å². The molecule has 3 N–H and O–H groups in total. The van der Waals surface area contributed by atoms with Gasteiger partial charge >= 0.3 is 0 Å². The number of aryl methyl sites for hydroxylation is 1. The van der Waals surface area contributed by atoms with Crippen LogP contribution in [-0.4, -0.2) is 26.3 Å². The van der Waals surface area contributed by atoms with Crippen LogP contribution in [0.15, 0.2) is 30.3 Å². The third-order valence-corrected chi connectivity index (χ3v) is 4.45. The van der Waals surface area contributed by atoms with Gasteiger partial charge in [-0.05, 0) is 31.2 Å². The zero-order valence-corrected chi connectivity index (χ0v) is 15.1. The molecule has 0 unspecified atom stereocenters. The molecule has 1 aliphatic rings. The largest absolute Gasteiger partial charge is 0.486 e. The first-order valence-electron chi connectivity index (χ1n) is 8.40. The van der Waals surface area contributed by atoms with Gasteiger partial charge in [0.1, 0.15) is 18.2 Å². The van der Waals surface area contributed by atoms with Crippen molar-refractivity contribution in [2.45, 2.75) is 26.5 Å². The number of anilines is 1. The predicted octanol–water partition coefficient (Wildman–Crippen LogP) is 2.43. The lowest BCUT2D eigenvalue weighted by Crippen LogP contribution is -2.28. The lowest BCUT2D eigenvalue weighted by Gasteiger charge is -2.20. The maximum Gasteiger partial charge on any atom is 0.168 e. The summed E-state index contributed by atoms with van der Waals surface area (Å²) in [6, 6.07) is 9.04. The highest BCUT2D eigenvalue weighted by Gasteiger charge is 2.21. The van der Waals surface area contributed by atoms with Crippen LogP contribution in [0.1, 0.15) is 22.8 Å². The van der Waals surface area contributed by atoms with Crippen molar-refractivity contribution in [2.24, 2.45) is 0 Å². The molecule has 7 nitrogen and oxygen atoms in total. The molecule has 0 amide bonds. The fraction of sp³-hybridized carbons (Fsp3) is 0.278. The second-order valence-electron chi connectivity index (χ2n) is 6.18. The summed E-state index contributed by atoms with van der Waals surface area (Å²) in [6.45, 7) is 3.74. The van der Waals surface area contributed by atoms with Crippen LogP contribution in [0.25, 0.3) is 5.82 Å². The zero-order chi connectivity index (χ0) is 18.1. The maximum absolute atomic E-state index is 6.11. The van der Waals surface area contributed by atoms with Gasteiger partial charge in [-0.25, -0.2) is 9.97 Å². The van der Waals surface area contributed by atoms with Gasteiger partial charge in [0, 0.05) is 36.2 Å². The number of halogens is 1. The van der Waals surface area contributed by atoms with Crippen molar-refractivity contribution in [1.82, 2.24) is 25.1 Å². The summed E-state index contributed by atoms with van der Waals surface area (Å²) in [4.78, 5) is 9.37. The molecule has 1 aliphatic heterocycles. The summed E-state index contributed by atoms with van der Waals surface area (Å²) in [6.07, 6.45) is 0.832. The first-order valence-corrected chi connectivity index (χ1v) is 8.78. The molecule has 0 bridgehead atoms. The normalized spacial score (nSPS) is 13.5. The number of nitrogens with two attached hydrogens (primary N) is 1. The Morgan fingerprint density at radius 2 is 2.08 bits per heavy atom. The number of hydrogen-bond acceptors (Lipinski definition) is 6. The van der Waals surface area contributed by atoms with Crippen molar-refractivity contribution in [1.29, 1.82) is 0 Å². The van der Waals surface area contributed by atoms with Gasteiger partial charge in [-0.3, -0.25) is 0 Å². The van der Waals surface area contributed by atoms with E-state index in [0.717, 1.165) is 29.9 Å². The van der Waals surface area contributed by atoms with Gasteiger partial charge in [-0.2, -0.15) is 9.78 Å². The number of fused-ring (bicyclic) bond motifs is 1. The molecule has 0 atom stereocenters. The molecular weight excluding hydrogens is 352 g/mol. The first-order chi connectivity index (χ1) is 12.6. The monoisotopic (exact) mass is 370 g/mol. The standard InChI is InChI=1S/C18H19ClN6O/c1-11-8-16(20)25(24-11)18-14-9-21-7-6-15(14)22-17(23-18)10-26-13-4-2-12(19)3-5-13/h2-5,8,21H,6-7,9-10,20H2,1H3. The van der Waals surface area contributed by atoms with E-state index in [2.05, 4.69) is 20.4 Å². The van der Waals surface area contributed by atoms with Crippen molar-refractivity contribution in [3.8, 4) is 11.6 Å². The van der Waals surface area contributed by atoms with Crippen molar-refractivity contribution in [3.63, 3.8) is 0 Å². The molecule has 3 heterocycles. The van der Waals surface area contributed by atoms with Gasteiger partial charge in [0.05, 0.1) is 11.4 Å². The van der Waals surface area contributed by atoms with Crippen LogP contribution in [-0.2, 0) is 19.6 Å². The molecule has 2 aromatic heterocycles. The third kappa shape index (κ3) is 3.36. The number of ether oxygens (including phenoxy) is 1. The number of benzene rings is 1. The Morgan fingerprint density at radius 3 is 2.81 bits per heavy atom. The molecule has 0 fully saturated rings. The second-order valence-corrected chi connectivity index (χ2v) is 6.62. The SMILES string of the molecule is Cc1cc(N)n(-c2nc(COc3ccc(Cl)cc3)nc3c2CNCC3)n1. The number of nitrogens with one attached hydrogen (secondary N) is 1. The fourth-order valence-corrected chi connectivity index (χ4v) is 3.11. The van der Waals surface area contributed by atoms with Gasteiger partial charge in [0.25, 0.3) is 0 Å².